The largest absolute Gasteiger partial charge is 0.391 e. The van der Waals surface area contributed by atoms with Crippen LogP contribution < -0.4 is 5.32 Å². The number of allylic oxidation sites excluding steroid dienone is 2. The molecule has 0 fully saturated rings. The Bertz CT molecular complexity index is 108. The molecule has 1 N–H and O–H groups in total. The molecule has 0 aliphatic rings. The van der Waals surface area contributed by atoms with Gasteiger partial charge in [0.25, 0.3) is 0 Å². The molecule has 0 rings (SSSR count). The lowest BCUT2D eigenvalue weighted by atomic mass is 10.5. The van der Waals surface area contributed by atoms with Crippen molar-refractivity contribution in [2.45, 2.75) is 6.92 Å². The molecule has 0 aliphatic carbocycles. The first-order chi connectivity index (χ1) is 3.31. The highest BCUT2D eigenvalue weighted by Gasteiger charge is 1.73. The van der Waals surface area contributed by atoms with Crippen LogP contribution in [-0.4, -0.2) is 7.05 Å². The average Bonchev–Trinajstić information content (AvgIpc) is 1.68. The number of hydrogen-bond donors (Lipinski definition) is 1. The van der Waals surface area contributed by atoms with E-state index < -0.39 is 0 Å². The summed E-state index contributed by atoms with van der Waals surface area (Å²) in [7, 11) is 1.78. The monoisotopic (exact) mass is 96.1 g/mol. The Balaban J connectivity index is 3.56. The summed E-state index contributed by atoms with van der Waals surface area (Å²) in [5.41, 5.74) is 0.891. The molecule has 0 aliphatic heterocycles. The first-order valence-corrected chi connectivity index (χ1v) is 2.05. The molecule has 7 heavy (non-hydrogen) atoms. The highest BCUT2D eigenvalue weighted by molar-refractivity contribution is 5.08. The van der Waals surface area contributed by atoms with Crippen LogP contribution in [0.2, 0.25) is 0 Å². The van der Waals surface area contributed by atoms with E-state index in [0.29, 0.717) is 0 Å². The van der Waals surface area contributed by atoms with Gasteiger partial charge in [0.05, 0.1) is 6.07 Å². The molecule has 0 spiro atoms. The Kier molecular flexibility index (Phi) is 2.78. The average molecular weight is 96.1 g/mol. The minimum Gasteiger partial charge on any atom is -0.391 e. The predicted molar refractivity (Wildman–Crippen MR) is 28.4 cm³/mol. The van der Waals surface area contributed by atoms with Gasteiger partial charge >= 0.3 is 0 Å². The van der Waals surface area contributed by atoms with Crippen molar-refractivity contribution in [3.05, 3.63) is 11.8 Å². The highest BCUT2D eigenvalue weighted by atomic mass is 14.8. The SMILES string of the molecule is CN/C(C)=C\C#N. The number of nitrogens with one attached hydrogen (secondary N) is 1. The highest BCUT2D eigenvalue weighted by Crippen LogP contribution is 1.78. The first kappa shape index (κ1) is 6.03. The van der Waals surface area contributed by atoms with Crippen molar-refractivity contribution in [1.82, 2.24) is 5.32 Å². The molecule has 0 amide bonds. The van der Waals surface area contributed by atoms with Gasteiger partial charge in [-0.3, -0.25) is 0 Å². The molecule has 38 valence electrons. The third-order valence-electron chi connectivity index (χ3n) is 0.675. The number of rotatable bonds is 1. The van der Waals surface area contributed by atoms with Crippen LogP contribution in [0.4, 0.5) is 0 Å². The van der Waals surface area contributed by atoms with Gasteiger partial charge in [-0.25, -0.2) is 0 Å². The van der Waals surface area contributed by atoms with E-state index in [-0.39, 0.29) is 0 Å². The fourth-order valence-corrected chi connectivity index (χ4v) is 0.169. The van der Waals surface area contributed by atoms with E-state index in [0.717, 1.165) is 5.70 Å². The molecule has 0 saturated carbocycles. The van der Waals surface area contributed by atoms with Crippen molar-refractivity contribution in [3.63, 3.8) is 0 Å². The molecule has 0 aromatic carbocycles. The first-order valence-electron chi connectivity index (χ1n) is 2.05. The summed E-state index contributed by atoms with van der Waals surface area (Å²) in [6.07, 6.45) is 1.46. The standard InChI is InChI=1S/C5H8N2/c1-5(7-2)3-4-6/h3,7H,1-2H3/b5-3-. The van der Waals surface area contributed by atoms with Crippen LogP contribution in [0.15, 0.2) is 11.8 Å². The molecule has 0 unspecified atom stereocenters. The zero-order valence-corrected chi connectivity index (χ0v) is 4.52. The number of nitrogens with zero attached hydrogens (tertiary/aromatic N) is 1. The maximum atomic E-state index is 8.00. The van der Waals surface area contributed by atoms with E-state index in [1.54, 1.807) is 7.05 Å². The second kappa shape index (κ2) is 3.23. The second-order valence-electron chi connectivity index (χ2n) is 1.21. The van der Waals surface area contributed by atoms with Gasteiger partial charge in [0, 0.05) is 18.8 Å². The Hall–Kier alpha value is -0.970. The van der Waals surface area contributed by atoms with Crippen LogP contribution in [0.25, 0.3) is 0 Å². The zero-order chi connectivity index (χ0) is 5.70. The summed E-state index contributed by atoms with van der Waals surface area (Å²) in [4.78, 5) is 0. The summed E-state index contributed by atoms with van der Waals surface area (Å²) >= 11 is 0. The molecule has 0 aromatic heterocycles. The summed E-state index contributed by atoms with van der Waals surface area (Å²) in [6, 6.07) is 1.89. The van der Waals surface area contributed by atoms with Crippen molar-refractivity contribution in [3.8, 4) is 6.07 Å². The van der Waals surface area contributed by atoms with Crippen LogP contribution in [0.1, 0.15) is 6.92 Å². The van der Waals surface area contributed by atoms with Gasteiger partial charge in [0.15, 0.2) is 0 Å². The normalized spacial score (nSPS) is 10.1. The van der Waals surface area contributed by atoms with Crippen molar-refractivity contribution >= 4 is 0 Å². The Morgan fingerprint density at radius 2 is 2.43 bits per heavy atom. The van der Waals surface area contributed by atoms with E-state index in [1.165, 1.54) is 6.08 Å². The Labute approximate surface area is 43.5 Å². The maximum Gasteiger partial charge on any atom is 0.0930 e. The van der Waals surface area contributed by atoms with E-state index in [2.05, 4.69) is 5.32 Å². The fourth-order valence-electron chi connectivity index (χ4n) is 0.169. The summed E-state index contributed by atoms with van der Waals surface area (Å²) in [5, 5.41) is 10.8. The Morgan fingerprint density at radius 3 is 2.57 bits per heavy atom. The maximum absolute atomic E-state index is 8.00. The lowest BCUT2D eigenvalue weighted by Gasteiger charge is -1.90. The molecule has 2 heteroatoms. The van der Waals surface area contributed by atoms with Gasteiger partial charge in [0.2, 0.25) is 0 Å². The van der Waals surface area contributed by atoms with Crippen LogP contribution in [-0.2, 0) is 0 Å². The van der Waals surface area contributed by atoms with Crippen LogP contribution in [0, 0.1) is 11.3 Å². The quantitative estimate of drug-likeness (QED) is 0.486. The van der Waals surface area contributed by atoms with Crippen LogP contribution in [0.3, 0.4) is 0 Å². The molecule has 0 atom stereocenters. The van der Waals surface area contributed by atoms with Gasteiger partial charge < -0.3 is 5.32 Å². The molecular weight excluding hydrogens is 88.1 g/mol. The molecule has 0 saturated heterocycles. The summed E-state index contributed by atoms with van der Waals surface area (Å²) in [5.74, 6) is 0. The molecule has 0 bridgehead atoms. The molecule has 2 nitrogen and oxygen atoms in total. The lowest BCUT2D eigenvalue weighted by Crippen LogP contribution is -2.00. The van der Waals surface area contributed by atoms with E-state index in [4.69, 9.17) is 5.26 Å². The predicted octanol–water partition coefficient (Wildman–Crippen LogP) is 0.633. The smallest absolute Gasteiger partial charge is 0.0930 e. The second-order valence-corrected chi connectivity index (χ2v) is 1.21. The van der Waals surface area contributed by atoms with Crippen LogP contribution in [0.5, 0.6) is 0 Å². The van der Waals surface area contributed by atoms with Gasteiger partial charge in [-0.05, 0) is 6.92 Å². The minimum absolute atomic E-state index is 0.891. The lowest BCUT2D eigenvalue weighted by molar-refractivity contribution is 0.991. The van der Waals surface area contributed by atoms with Crippen LogP contribution >= 0.6 is 0 Å². The van der Waals surface area contributed by atoms with E-state index in [1.807, 2.05) is 13.0 Å². The third kappa shape index (κ3) is 2.84. The van der Waals surface area contributed by atoms with Crippen molar-refractivity contribution in [2.24, 2.45) is 0 Å². The van der Waals surface area contributed by atoms with Gasteiger partial charge in [-0.15, -0.1) is 0 Å². The van der Waals surface area contributed by atoms with Gasteiger partial charge in [-0.1, -0.05) is 0 Å². The summed E-state index contributed by atoms with van der Waals surface area (Å²) in [6.45, 7) is 1.84. The van der Waals surface area contributed by atoms with E-state index >= 15 is 0 Å². The topological polar surface area (TPSA) is 35.8 Å². The fraction of sp³-hybridized carbons (Fsp3) is 0.400. The van der Waals surface area contributed by atoms with Crippen molar-refractivity contribution in [1.29, 1.82) is 5.26 Å². The van der Waals surface area contributed by atoms with Gasteiger partial charge in [0.1, 0.15) is 0 Å². The molecule has 0 radical (unpaired) electrons. The zero-order valence-electron chi connectivity index (χ0n) is 4.52. The minimum atomic E-state index is 0.891. The third-order valence-corrected chi connectivity index (χ3v) is 0.675. The number of hydrogen-bond acceptors (Lipinski definition) is 2. The molecule has 0 heterocycles. The van der Waals surface area contributed by atoms with Gasteiger partial charge in [-0.2, -0.15) is 5.26 Å². The number of nitriles is 1. The molecular formula is C5H8N2. The Morgan fingerprint density at radius 1 is 1.86 bits per heavy atom. The molecule has 0 aromatic rings. The van der Waals surface area contributed by atoms with E-state index in [9.17, 15) is 0 Å². The summed E-state index contributed by atoms with van der Waals surface area (Å²) < 4.78 is 0. The van der Waals surface area contributed by atoms with Crippen molar-refractivity contribution in [2.75, 3.05) is 7.05 Å². The van der Waals surface area contributed by atoms with Crippen molar-refractivity contribution < 1.29 is 0 Å².